The Morgan fingerprint density at radius 3 is 2.97 bits per heavy atom. The highest BCUT2D eigenvalue weighted by Crippen LogP contribution is 2.34. The molecule has 0 saturated carbocycles. The molecule has 0 amide bonds. The van der Waals surface area contributed by atoms with Gasteiger partial charge >= 0.3 is 0 Å². The van der Waals surface area contributed by atoms with E-state index in [1.54, 1.807) is 0 Å². The zero-order valence-corrected chi connectivity index (χ0v) is 18.1. The number of hydrogen-bond donors (Lipinski definition) is 1. The van der Waals surface area contributed by atoms with Gasteiger partial charge in [0.2, 0.25) is 11.7 Å². The summed E-state index contributed by atoms with van der Waals surface area (Å²) in [5, 5.41) is 9.59. The Bertz CT molecular complexity index is 1010. The molecule has 1 atom stereocenters. The molecular weight excluding hydrogens is 402 g/mol. The molecule has 160 valence electrons. The number of nitrogens with one attached hydrogen (secondary N) is 1. The Labute approximate surface area is 181 Å². The summed E-state index contributed by atoms with van der Waals surface area (Å²) in [6, 6.07) is 6.49. The van der Waals surface area contributed by atoms with Crippen LogP contribution in [0.15, 0.2) is 28.9 Å². The van der Waals surface area contributed by atoms with Crippen LogP contribution >= 0.6 is 11.6 Å². The van der Waals surface area contributed by atoms with Crippen molar-refractivity contribution in [1.82, 2.24) is 24.9 Å². The van der Waals surface area contributed by atoms with Gasteiger partial charge in [-0.25, -0.2) is 0 Å². The molecule has 1 N–H and O–H groups in total. The number of fused-ring (bicyclic) bond motifs is 1. The van der Waals surface area contributed by atoms with Crippen LogP contribution in [-0.2, 0) is 17.8 Å². The Morgan fingerprint density at radius 1 is 1.27 bits per heavy atom. The largest absolute Gasteiger partial charge is 0.381 e. The van der Waals surface area contributed by atoms with E-state index >= 15 is 0 Å². The lowest BCUT2D eigenvalue weighted by Gasteiger charge is -2.30. The second-order valence-electron chi connectivity index (χ2n) is 8.49. The first-order valence-corrected chi connectivity index (χ1v) is 11.2. The third kappa shape index (κ3) is 4.12. The zero-order chi connectivity index (χ0) is 20.5. The van der Waals surface area contributed by atoms with E-state index in [0.29, 0.717) is 30.2 Å². The van der Waals surface area contributed by atoms with E-state index in [0.717, 1.165) is 73.7 Å². The van der Waals surface area contributed by atoms with Gasteiger partial charge in [0.05, 0.1) is 17.1 Å². The molecule has 2 aromatic heterocycles. The fourth-order valence-corrected chi connectivity index (χ4v) is 4.90. The number of aromatic nitrogens is 3. The lowest BCUT2D eigenvalue weighted by Crippen LogP contribution is -2.48. The van der Waals surface area contributed by atoms with Crippen molar-refractivity contribution in [3.05, 3.63) is 35.3 Å². The molecule has 0 spiro atoms. The molecule has 0 aliphatic carbocycles. The fraction of sp³-hybridized carbons (Fsp3) is 0.545. The first kappa shape index (κ1) is 20.0. The number of ether oxygens (including phenoxy) is 1. The number of rotatable bonds is 5. The van der Waals surface area contributed by atoms with Crippen molar-refractivity contribution in [2.45, 2.75) is 38.9 Å². The van der Waals surface area contributed by atoms with Crippen LogP contribution in [0.2, 0.25) is 5.02 Å². The third-order valence-electron chi connectivity index (χ3n) is 6.17. The van der Waals surface area contributed by atoms with Gasteiger partial charge in [0.1, 0.15) is 0 Å². The van der Waals surface area contributed by atoms with Crippen molar-refractivity contribution < 1.29 is 9.26 Å². The molecule has 0 bridgehead atoms. The van der Waals surface area contributed by atoms with Crippen molar-refractivity contribution in [1.29, 1.82) is 0 Å². The molecule has 2 aliphatic heterocycles. The minimum absolute atomic E-state index is 0.478. The van der Waals surface area contributed by atoms with E-state index in [2.05, 4.69) is 39.1 Å². The first-order valence-electron chi connectivity index (χ1n) is 10.8. The lowest BCUT2D eigenvalue weighted by molar-refractivity contribution is 0.0616. The summed E-state index contributed by atoms with van der Waals surface area (Å²) < 4.78 is 13.4. The molecule has 2 saturated heterocycles. The number of piperazine rings is 1. The highest BCUT2D eigenvalue weighted by molar-refractivity contribution is 6.35. The molecule has 0 unspecified atom stereocenters. The van der Waals surface area contributed by atoms with Gasteiger partial charge < -0.3 is 19.1 Å². The van der Waals surface area contributed by atoms with Crippen molar-refractivity contribution in [2.75, 3.05) is 32.8 Å². The molecular formula is C22H28ClN5O2. The zero-order valence-electron chi connectivity index (χ0n) is 17.3. The van der Waals surface area contributed by atoms with Gasteiger partial charge in [0, 0.05) is 62.6 Å². The Kier molecular flexibility index (Phi) is 5.78. The van der Waals surface area contributed by atoms with Gasteiger partial charge in [-0.15, -0.1) is 0 Å². The average Bonchev–Trinajstić information content (AvgIpc) is 3.34. The standard InChI is InChI=1S/C22H28ClN5O2/c1-15-11-27(8-7-24-15)14-20-25-22(26-30-20)18-13-28(12-16-5-9-29-10-6-16)21-17(18)3-2-4-19(21)23/h2-4,13,15-16,24H,5-12,14H2,1H3/t15-/m1/s1. The van der Waals surface area contributed by atoms with Crippen LogP contribution in [0.5, 0.6) is 0 Å². The normalized spacial score (nSPS) is 21.5. The van der Waals surface area contributed by atoms with Gasteiger partial charge in [-0.3, -0.25) is 4.90 Å². The Morgan fingerprint density at radius 2 is 2.13 bits per heavy atom. The van der Waals surface area contributed by atoms with Crippen molar-refractivity contribution in [2.24, 2.45) is 5.92 Å². The number of nitrogens with zero attached hydrogens (tertiary/aromatic N) is 4. The molecule has 7 nitrogen and oxygen atoms in total. The number of halogens is 1. The summed E-state index contributed by atoms with van der Waals surface area (Å²) in [5.74, 6) is 1.88. The SMILES string of the molecule is C[C@@H]1CN(Cc2nc(-c3cn(CC4CCOCC4)c4c(Cl)cccc34)no2)CCN1. The molecule has 3 aromatic rings. The highest BCUT2D eigenvalue weighted by Gasteiger charge is 2.22. The van der Waals surface area contributed by atoms with Crippen LogP contribution < -0.4 is 5.32 Å². The summed E-state index contributed by atoms with van der Waals surface area (Å²) in [5.41, 5.74) is 2.02. The topological polar surface area (TPSA) is 68.4 Å². The Hall–Kier alpha value is -1.93. The minimum atomic E-state index is 0.478. The summed E-state index contributed by atoms with van der Waals surface area (Å²) in [6.07, 6.45) is 4.29. The van der Waals surface area contributed by atoms with Crippen LogP contribution in [0.4, 0.5) is 0 Å². The number of hydrogen-bond acceptors (Lipinski definition) is 6. The maximum Gasteiger partial charge on any atom is 0.241 e. The Balaban J connectivity index is 1.43. The minimum Gasteiger partial charge on any atom is -0.381 e. The molecule has 4 heterocycles. The molecule has 2 aliphatic rings. The van der Waals surface area contributed by atoms with Crippen molar-refractivity contribution in [3.8, 4) is 11.4 Å². The van der Waals surface area contributed by atoms with Crippen LogP contribution in [0.25, 0.3) is 22.3 Å². The van der Waals surface area contributed by atoms with E-state index in [1.165, 1.54) is 0 Å². The van der Waals surface area contributed by atoms with E-state index < -0.39 is 0 Å². The molecule has 1 aromatic carbocycles. The lowest BCUT2D eigenvalue weighted by atomic mass is 10.0. The highest BCUT2D eigenvalue weighted by atomic mass is 35.5. The van der Waals surface area contributed by atoms with E-state index in [4.69, 9.17) is 25.8 Å². The van der Waals surface area contributed by atoms with Crippen LogP contribution in [0.1, 0.15) is 25.7 Å². The number of para-hydroxylation sites is 1. The maximum atomic E-state index is 6.61. The van der Waals surface area contributed by atoms with Gasteiger partial charge in [-0.1, -0.05) is 28.9 Å². The van der Waals surface area contributed by atoms with Crippen molar-refractivity contribution in [3.63, 3.8) is 0 Å². The van der Waals surface area contributed by atoms with Crippen LogP contribution in [0, 0.1) is 5.92 Å². The van der Waals surface area contributed by atoms with Gasteiger partial charge in [0.25, 0.3) is 0 Å². The van der Waals surface area contributed by atoms with Crippen LogP contribution in [-0.4, -0.2) is 58.5 Å². The molecule has 2 fully saturated rings. The first-order chi connectivity index (χ1) is 14.7. The molecule has 0 radical (unpaired) electrons. The van der Waals surface area contributed by atoms with E-state index in [-0.39, 0.29) is 0 Å². The van der Waals surface area contributed by atoms with Gasteiger partial charge in [0.15, 0.2) is 0 Å². The second-order valence-corrected chi connectivity index (χ2v) is 8.90. The molecule has 30 heavy (non-hydrogen) atoms. The van der Waals surface area contributed by atoms with E-state index in [1.807, 2.05) is 12.1 Å². The average molecular weight is 430 g/mol. The predicted octanol–water partition coefficient (Wildman–Crippen LogP) is 3.57. The summed E-state index contributed by atoms with van der Waals surface area (Å²) >= 11 is 6.61. The van der Waals surface area contributed by atoms with Gasteiger partial charge in [-0.05, 0) is 31.7 Å². The molecule has 8 heteroatoms. The second kappa shape index (κ2) is 8.67. The summed E-state index contributed by atoms with van der Waals surface area (Å²) in [6.45, 7) is 8.43. The smallest absolute Gasteiger partial charge is 0.241 e. The monoisotopic (exact) mass is 429 g/mol. The molecule has 5 rings (SSSR count). The third-order valence-corrected chi connectivity index (χ3v) is 6.47. The fourth-order valence-electron chi connectivity index (χ4n) is 4.62. The summed E-state index contributed by atoms with van der Waals surface area (Å²) in [4.78, 5) is 7.07. The van der Waals surface area contributed by atoms with Crippen LogP contribution in [0.3, 0.4) is 0 Å². The summed E-state index contributed by atoms with van der Waals surface area (Å²) in [7, 11) is 0. The maximum absolute atomic E-state index is 6.61. The van der Waals surface area contributed by atoms with Gasteiger partial charge in [-0.2, -0.15) is 4.98 Å². The van der Waals surface area contributed by atoms with E-state index in [9.17, 15) is 0 Å². The predicted molar refractivity (Wildman–Crippen MR) is 117 cm³/mol. The number of benzene rings is 1. The van der Waals surface area contributed by atoms with Crippen molar-refractivity contribution >= 4 is 22.5 Å². The quantitative estimate of drug-likeness (QED) is 0.668.